The summed E-state index contributed by atoms with van der Waals surface area (Å²) in [6.45, 7) is 1.99. The molecular weight excluding hydrogens is 271 g/mol. The van der Waals surface area contributed by atoms with Crippen LogP contribution in [0, 0.1) is 0 Å². The van der Waals surface area contributed by atoms with E-state index >= 15 is 0 Å². The van der Waals surface area contributed by atoms with Crippen LogP contribution in [0.4, 0.5) is 0 Å². The lowest BCUT2D eigenvalue weighted by Crippen LogP contribution is -2.17. The fourth-order valence-electron chi connectivity index (χ4n) is 1.93. The van der Waals surface area contributed by atoms with Crippen molar-refractivity contribution >= 4 is 17.8 Å². The minimum absolute atomic E-state index is 0.263. The first-order valence-corrected chi connectivity index (χ1v) is 8.18. The molecule has 0 amide bonds. The maximum absolute atomic E-state index is 13.3. The Labute approximate surface area is 118 Å². The van der Waals surface area contributed by atoms with Gasteiger partial charge >= 0.3 is 0 Å². The van der Waals surface area contributed by atoms with Crippen LogP contribution in [-0.2, 0) is 9.30 Å². The molecule has 0 spiro atoms. The van der Waals surface area contributed by atoms with Crippen LogP contribution in [0.3, 0.4) is 0 Å². The quantitative estimate of drug-likeness (QED) is 0.625. The molecule has 0 N–H and O–H groups in total. The van der Waals surface area contributed by atoms with Crippen molar-refractivity contribution < 1.29 is 14.4 Å². The standard InChI is InChI=1S/C16H17O3P/c1-2-19-16(17)13-20(18,14-9-5-3-6-10-14)15-11-7-4-8-12-15/h3-13,17H,2H2,1H3/p-1/b16-13+. The molecule has 20 heavy (non-hydrogen) atoms. The zero-order valence-electron chi connectivity index (χ0n) is 11.2. The summed E-state index contributed by atoms with van der Waals surface area (Å²) in [5.41, 5.74) is 0. The van der Waals surface area contributed by atoms with Gasteiger partial charge in [-0.3, -0.25) is 0 Å². The lowest BCUT2D eigenvalue weighted by atomic mass is 10.4. The van der Waals surface area contributed by atoms with Gasteiger partial charge in [-0.05, 0) is 6.61 Å². The monoisotopic (exact) mass is 287 g/mol. The summed E-state index contributed by atoms with van der Waals surface area (Å²) in [7, 11) is -3.11. The molecule has 3 nitrogen and oxygen atoms in total. The van der Waals surface area contributed by atoms with E-state index in [0.717, 1.165) is 0 Å². The Bertz CT molecular complexity index is 577. The zero-order chi connectivity index (χ0) is 14.4. The summed E-state index contributed by atoms with van der Waals surface area (Å²) < 4.78 is 18.3. The molecule has 0 saturated carbocycles. The van der Waals surface area contributed by atoms with E-state index < -0.39 is 13.1 Å². The predicted octanol–water partition coefficient (Wildman–Crippen LogP) is 2.20. The summed E-state index contributed by atoms with van der Waals surface area (Å²) in [6, 6.07) is 18.0. The molecule has 0 fully saturated rings. The maximum atomic E-state index is 13.3. The average Bonchev–Trinajstić information content (AvgIpc) is 2.49. The van der Waals surface area contributed by atoms with Gasteiger partial charge in [0.05, 0.1) is 5.95 Å². The van der Waals surface area contributed by atoms with Crippen molar-refractivity contribution in [3.63, 3.8) is 0 Å². The molecule has 0 bridgehead atoms. The third kappa shape index (κ3) is 3.12. The molecule has 0 aliphatic heterocycles. The number of benzene rings is 2. The molecule has 0 aromatic heterocycles. The molecule has 2 rings (SSSR count). The van der Waals surface area contributed by atoms with E-state index in [1.165, 1.54) is 5.82 Å². The van der Waals surface area contributed by atoms with E-state index in [2.05, 4.69) is 0 Å². The van der Waals surface area contributed by atoms with Gasteiger partial charge in [0, 0.05) is 16.4 Å². The van der Waals surface area contributed by atoms with Gasteiger partial charge in [0.1, 0.15) is 0 Å². The number of rotatable bonds is 5. The molecule has 104 valence electrons. The molecule has 2 aromatic rings. The van der Waals surface area contributed by atoms with Crippen molar-refractivity contribution in [1.82, 2.24) is 0 Å². The highest BCUT2D eigenvalue weighted by Crippen LogP contribution is 2.45. The second-order valence-electron chi connectivity index (χ2n) is 4.21. The fraction of sp³-hybridized carbons (Fsp3) is 0.125. The predicted molar refractivity (Wildman–Crippen MR) is 79.5 cm³/mol. The van der Waals surface area contributed by atoms with E-state index in [1.54, 1.807) is 31.2 Å². The lowest BCUT2D eigenvalue weighted by Gasteiger charge is -2.19. The average molecular weight is 287 g/mol. The minimum Gasteiger partial charge on any atom is -0.613 e. The second kappa shape index (κ2) is 6.44. The molecular formula is C16H16O3P-. The van der Waals surface area contributed by atoms with Gasteiger partial charge < -0.3 is 14.4 Å². The van der Waals surface area contributed by atoms with Crippen molar-refractivity contribution in [2.24, 2.45) is 0 Å². The van der Waals surface area contributed by atoms with Gasteiger partial charge in [0.15, 0.2) is 7.14 Å². The largest absolute Gasteiger partial charge is 0.613 e. The van der Waals surface area contributed by atoms with Crippen LogP contribution >= 0.6 is 7.14 Å². The van der Waals surface area contributed by atoms with Crippen LogP contribution in [0.25, 0.3) is 0 Å². The first-order valence-electron chi connectivity index (χ1n) is 6.40. The minimum atomic E-state index is -3.11. The van der Waals surface area contributed by atoms with E-state index in [-0.39, 0.29) is 6.61 Å². The van der Waals surface area contributed by atoms with E-state index in [9.17, 15) is 9.67 Å². The van der Waals surface area contributed by atoms with Crippen molar-refractivity contribution in [3.05, 3.63) is 72.4 Å². The van der Waals surface area contributed by atoms with Crippen molar-refractivity contribution in [1.29, 1.82) is 0 Å². The van der Waals surface area contributed by atoms with Crippen LogP contribution in [-0.4, -0.2) is 6.61 Å². The summed E-state index contributed by atoms with van der Waals surface area (Å²) >= 11 is 0. The molecule has 4 heteroatoms. The highest BCUT2D eigenvalue weighted by Gasteiger charge is 2.24. The Balaban J connectivity index is 2.56. The summed E-state index contributed by atoms with van der Waals surface area (Å²) in [5.74, 6) is 0.657. The Morgan fingerprint density at radius 2 is 1.50 bits per heavy atom. The topological polar surface area (TPSA) is 49.4 Å². The van der Waals surface area contributed by atoms with Crippen molar-refractivity contribution in [2.75, 3.05) is 6.61 Å². The molecule has 0 saturated heterocycles. The molecule has 0 aliphatic rings. The number of ether oxygens (including phenoxy) is 1. The van der Waals surface area contributed by atoms with Crippen LogP contribution in [0.2, 0.25) is 0 Å². The lowest BCUT2D eigenvalue weighted by molar-refractivity contribution is -0.356. The molecule has 0 radical (unpaired) electrons. The third-order valence-corrected chi connectivity index (χ3v) is 5.56. The Hall–Kier alpha value is -1.99. The van der Waals surface area contributed by atoms with Crippen LogP contribution < -0.4 is 15.7 Å². The summed E-state index contributed by atoms with van der Waals surface area (Å²) in [4.78, 5) is 0. The fourth-order valence-corrected chi connectivity index (χ4v) is 4.12. The Kier molecular flexibility index (Phi) is 4.65. The smallest absolute Gasteiger partial charge is 0.165 e. The number of hydrogen-bond acceptors (Lipinski definition) is 3. The van der Waals surface area contributed by atoms with Gasteiger partial charge in [-0.25, -0.2) is 0 Å². The normalized spacial score (nSPS) is 12.2. The Morgan fingerprint density at radius 1 is 1.05 bits per heavy atom. The van der Waals surface area contributed by atoms with Crippen LogP contribution in [0.5, 0.6) is 0 Å². The van der Waals surface area contributed by atoms with Crippen LogP contribution in [0.1, 0.15) is 6.92 Å². The molecule has 0 heterocycles. The van der Waals surface area contributed by atoms with Gasteiger partial charge in [-0.1, -0.05) is 67.6 Å². The van der Waals surface area contributed by atoms with E-state index in [4.69, 9.17) is 4.74 Å². The highest BCUT2D eigenvalue weighted by atomic mass is 31.2. The third-order valence-electron chi connectivity index (χ3n) is 2.85. The molecule has 2 aromatic carbocycles. The van der Waals surface area contributed by atoms with Gasteiger partial charge in [-0.15, -0.1) is 0 Å². The first kappa shape index (κ1) is 14.4. The van der Waals surface area contributed by atoms with Gasteiger partial charge in [-0.2, -0.15) is 0 Å². The number of hydrogen-bond donors (Lipinski definition) is 0. The van der Waals surface area contributed by atoms with Crippen LogP contribution in [0.15, 0.2) is 72.4 Å². The van der Waals surface area contributed by atoms with Crippen molar-refractivity contribution in [2.45, 2.75) is 6.92 Å². The van der Waals surface area contributed by atoms with E-state index in [0.29, 0.717) is 10.6 Å². The Morgan fingerprint density at radius 3 is 1.90 bits per heavy atom. The second-order valence-corrected chi connectivity index (χ2v) is 6.82. The highest BCUT2D eigenvalue weighted by molar-refractivity contribution is 7.81. The molecule has 0 atom stereocenters. The molecule has 0 unspecified atom stereocenters. The first-order chi connectivity index (χ1) is 9.66. The van der Waals surface area contributed by atoms with Crippen molar-refractivity contribution in [3.8, 4) is 0 Å². The summed E-state index contributed by atoms with van der Waals surface area (Å²) in [6.07, 6.45) is 0. The van der Waals surface area contributed by atoms with Gasteiger partial charge in [0.25, 0.3) is 0 Å². The van der Waals surface area contributed by atoms with E-state index in [1.807, 2.05) is 36.4 Å². The molecule has 0 aliphatic carbocycles. The zero-order valence-corrected chi connectivity index (χ0v) is 12.1. The SMILES string of the molecule is CCO/C([O-])=C/P(=O)(c1ccccc1)c1ccccc1. The van der Waals surface area contributed by atoms with Gasteiger partial charge in [0.2, 0.25) is 0 Å². The summed E-state index contributed by atoms with van der Waals surface area (Å²) in [5, 5.41) is 13.0. The maximum Gasteiger partial charge on any atom is 0.165 e.